The topological polar surface area (TPSA) is 92.8 Å². The fraction of sp³-hybridized carbons (Fsp3) is 0.333. The number of rotatable bonds is 6. The molecule has 1 aliphatic rings. The van der Waals surface area contributed by atoms with E-state index >= 15 is 0 Å². The number of carbonyl (C=O) groups is 2. The summed E-state index contributed by atoms with van der Waals surface area (Å²) in [5.41, 5.74) is 1.92. The first-order valence-corrected chi connectivity index (χ1v) is 11.3. The summed E-state index contributed by atoms with van der Waals surface area (Å²) in [6, 6.07) is 9.53. The molecule has 0 aliphatic carbocycles. The number of carbonyl (C=O) groups excluding carboxylic acids is 2. The summed E-state index contributed by atoms with van der Waals surface area (Å²) in [6.07, 6.45) is 0.371. The molecule has 2 amide bonds. The van der Waals surface area contributed by atoms with Crippen molar-refractivity contribution in [3.8, 4) is 5.75 Å². The van der Waals surface area contributed by atoms with Crippen molar-refractivity contribution in [1.29, 1.82) is 0 Å². The summed E-state index contributed by atoms with van der Waals surface area (Å²) < 4.78 is 31.2. The number of benzene rings is 2. The molecule has 2 aromatic carbocycles. The first-order valence-electron chi connectivity index (χ1n) is 9.41. The molecular weight excluding hydrogens is 428 g/mol. The highest BCUT2D eigenvalue weighted by molar-refractivity contribution is 7.92. The summed E-state index contributed by atoms with van der Waals surface area (Å²) in [5.74, 6) is -0.113. The number of hydrogen-bond donors (Lipinski definition) is 1. The molecule has 3 rings (SSSR count). The second-order valence-corrected chi connectivity index (χ2v) is 9.97. The van der Waals surface area contributed by atoms with E-state index in [-0.39, 0.29) is 17.2 Å². The van der Waals surface area contributed by atoms with Gasteiger partial charge < -0.3 is 15.0 Å². The fourth-order valence-electron chi connectivity index (χ4n) is 3.46. The number of nitrogens with one attached hydrogen (secondary N) is 1. The zero-order chi connectivity index (χ0) is 22.1. The van der Waals surface area contributed by atoms with Crippen LogP contribution in [0.4, 0.5) is 11.4 Å². The third-order valence-electron chi connectivity index (χ3n) is 5.09. The Morgan fingerprint density at radius 3 is 2.63 bits per heavy atom. The number of nitrogens with zero attached hydrogens (tertiary/aromatic N) is 1. The lowest BCUT2D eigenvalue weighted by molar-refractivity contribution is -0.117. The molecule has 0 saturated carbocycles. The second kappa shape index (κ2) is 8.65. The lowest BCUT2D eigenvalue weighted by Crippen LogP contribution is -2.26. The minimum Gasteiger partial charge on any atom is -0.495 e. The average Bonchev–Trinajstić information content (AvgIpc) is 3.11. The van der Waals surface area contributed by atoms with Gasteiger partial charge in [-0.25, -0.2) is 8.42 Å². The molecule has 0 fully saturated rings. The SMILES string of the molecule is COc1ccc(Cl)cc1NC(=O)C[C@@H](C)S(=O)(=O)c1ccc2c(c1)CCN2C(C)=O. The molecule has 9 heteroatoms. The molecule has 0 unspecified atom stereocenters. The smallest absolute Gasteiger partial charge is 0.225 e. The molecule has 0 saturated heterocycles. The van der Waals surface area contributed by atoms with Gasteiger partial charge in [0.2, 0.25) is 11.8 Å². The monoisotopic (exact) mass is 450 g/mol. The van der Waals surface area contributed by atoms with Gasteiger partial charge in [0.1, 0.15) is 5.75 Å². The third-order valence-corrected chi connectivity index (χ3v) is 7.47. The largest absolute Gasteiger partial charge is 0.495 e. The molecule has 1 heterocycles. The van der Waals surface area contributed by atoms with Crippen LogP contribution in [0.3, 0.4) is 0 Å². The Morgan fingerprint density at radius 2 is 1.97 bits per heavy atom. The van der Waals surface area contributed by atoms with E-state index < -0.39 is 21.0 Å². The van der Waals surface area contributed by atoms with Crippen molar-refractivity contribution in [1.82, 2.24) is 0 Å². The molecule has 1 atom stereocenters. The van der Waals surface area contributed by atoms with Crippen LogP contribution in [-0.2, 0) is 25.8 Å². The quantitative estimate of drug-likeness (QED) is 0.727. The fourth-order valence-corrected chi connectivity index (χ4v) is 5.04. The van der Waals surface area contributed by atoms with Gasteiger partial charge in [-0.3, -0.25) is 9.59 Å². The maximum absolute atomic E-state index is 13.0. The Morgan fingerprint density at radius 1 is 1.23 bits per heavy atom. The van der Waals surface area contributed by atoms with Crippen molar-refractivity contribution < 1.29 is 22.7 Å². The van der Waals surface area contributed by atoms with Crippen LogP contribution in [0.2, 0.25) is 5.02 Å². The van der Waals surface area contributed by atoms with Crippen molar-refractivity contribution in [2.24, 2.45) is 0 Å². The minimum atomic E-state index is -3.73. The zero-order valence-corrected chi connectivity index (χ0v) is 18.5. The molecule has 0 radical (unpaired) electrons. The van der Waals surface area contributed by atoms with E-state index in [1.165, 1.54) is 27.0 Å². The number of halogens is 1. The average molecular weight is 451 g/mol. The summed E-state index contributed by atoms with van der Waals surface area (Å²) in [7, 11) is -2.27. The highest BCUT2D eigenvalue weighted by Crippen LogP contribution is 2.32. The Balaban J connectivity index is 1.75. The number of fused-ring (bicyclic) bond motifs is 1. The van der Waals surface area contributed by atoms with Crippen molar-refractivity contribution in [2.45, 2.75) is 36.8 Å². The van der Waals surface area contributed by atoms with E-state index in [2.05, 4.69) is 5.32 Å². The van der Waals surface area contributed by atoms with Gasteiger partial charge in [0.25, 0.3) is 0 Å². The van der Waals surface area contributed by atoms with Crippen LogP contribution in [0.1, 0.15) is 25.8 Å². The van der Waals surface area contributed by atoms with Gasteiger partial charge in [-0.05, 0) is 55.3 Å². The lowest BCUT2D eigenvalue weighted by Gasteiger charge is -2.17. The number of anilines is 2. The molecule has 30 heavy (non-hydrogen) atoms. The summed E-state index contributed by atoms with van der Waals surface area (Å²) >= 11 is 5.96. The number of amides is 2. The van der Waals surface area contributed by atoms with Crippen LogP contribution in [0.5, 0.6) is 5.75 Å². The summed E-state index contributed by atoms with van der Waals surface area (Å²) in [5, 5.41) is 2.14. The Bertz CT molecular complexity index is 1100. The maximum Gasteiger partial charge on any atom is 0.225 e. The van der Waals surface area contributed by atoms with E-state index in [1.807, 2.05) is 0 Å². The van der Waals surface area contributed by atoms with E-state index in [0.717, 1.165) is 11.3 Å². The van der Waals surface area contributed by atoms with Gasteiger partial charge in [0.15, 0.2) is 9.84 Å². The van der Waals surface area contributed by atoms with Crippen molar-refractivity contribution in [3.05, 3.63) is 47.0 Å². The molecule has 1 N–H and O–H groups in total. The predicted molar refractivity (Wildman–Crippen MR) is 116 cm³/mol. The van der Waals surface area contributed by atoms with Gasteiger partial charge in [-0.2, -0.15) is 0 Å². The van der Waals surface area contributed by atoms with Crippen LogP contribution in [0.15, 0.2) is 41.3 Å². The number of sulfone groups is 1. The Kier molecular flexibility index (Phi) is 6.38. The van der Waals surface area contributed by atoms with E-state index in [0.29, 0.717) is 29.4 Å². The van der Waals surface area contributed by atoms with Crippen LogP contribution in [-0.4, -0.2) is 39.1 Å². The molecular formula is C21H23ClN2O5S. The lowest BCUT2D eigenvalue weighted by atomic mass is 10.2. The van der Waals surface area contributed by atoms with Gasteiger partial charge in [0.05, 0.1) is 22.9 Å². The van der Waals surface area contributed by atoms with Gasteiger partial charge in [-0.15, -0.1) is 0 Å². The van der Waals surface area contributed by atoms with Crippen LogP contribution < -0.4 is 15.0 Å². The summed E-state index contributed by atoms with van der Waals surface area (Å²) in [6.45, 7) is 3.52. The predicted octanol–water partition coefficient (Wildman–Crippen LogP) is 3.45. The number of methoxy groups -OCH3 is 1. The molecule has 1 aliphatic heterocycles. The molecule has 0 bridgehead atoms. The van der Waals surface area contributed by atoms with E-state index in [4.69, 9.17) is 16.3 Å². The molecule has 160 valence electrons. The molecule has 2 aromatic rings. The summed E-state index contributed by atoms with van der Waals surface area (Å²) in [4.78, 5) is 25.9. The zero-order valence-electron chi connectivity index (χ0n) is 16.9. The first kappa shape index (κ1) is 22.1. The maximum atomic E-state index is 13.0. The van der Waals surface area contributed by atoms with Gasteiger partial charge in [0, 0.05) is 30.6 Å². The molecule has 7 nitrogen and oxygen atoms in total. The first-order chi connectivity index (χ1) is 14.1. The number of ether oxygens (including phenoxy) is 1. The normalized spacial score (nSPS) is 14.2. The third kappa shape index (κ3) is 4.44. The standard InChI is InChI=1S/C21H23ClN2O5S/c1-13(10-21(26)23-18-12-16(22)4-7-20(18)29-3)30(27,28)17-5-6-19-15(11-17)8-9-24(19)14(2)25/h4-7,11-13H,8-10H2,1-3H3,(H,23,26)/t13-/m1/s1. The minimum absolute atomic E-state index is 0.0779. The van der Waals surface area contributed by atoms with Gasteiger partial charge in [-0.1, -0.05) is 11.6 Å². The van der Waals surface area contributed by atoms with E-state index in [1.54, 1.807) is 35.2 Å². The van der Waals surface area contributed by atoms with E-state index in [9.17, 15) is 18.0 Å². The van der Waals surface area contributed by atoms with Crippen LogP contribution in [0.25, 0.3) is 0 Å². The van der Waals surface area contributed by atoms with Crippen LogP contribution in [0, 0.1) is 0 Å². The Labute approximate surface area is 180 Å². The Hall–Kier alpha value is -2.58. The van der Waals surface area contributed by atoms with Crippen molar-refractivity contribution in [2.75, 3.05) is 23.9 Å². The molecule has 0 aromatic heterocycles. The van der Waals surface area contributed by atoms with Gasteiger partial charge >= 0.3 is 0 Å². The van der Waals surface area contributed by atoms with Crippen LogP contribution >= 0.6 is 11.6 Å². The molecule has 0 spiro atoms. The van der Waals surface area contributed by atoms with Crippen molar-refractivity contribution >= 4 is 44.6 Å². The highest BCUT2D eigenvalue weighted by atomic mass is 35.5. The second-order valence-electron chi connectivity index (χ2n) is 7.16. The van der Waals surface area contributed by atoms with Crippen molar-refractivity contribution in [3.63, 3.8) is 0 Å². The highest BCUT2D eigenvalue weighted by Gasteiger charge is 2.29. The number of hydrogen-bond acceptors (Lipinski definition) is 5.